The molecule has 0 fully saturated rings. The van der Waals surface area contributed by atoms with Gasteiger partial charge in [-0.1, -0.05) is 0 Å². The Morgan fingerprint density at radius 1 is 1.61 bits per heavy atom. The highest BCUT2D eigenvalue weighted by Gasteiger charge is 2.15. The van der Waals surface area contributed by atoms with Crippen molar-refractivity contribution in [3.8, 4) is 5.75 Å². The van der Waals surface area contributed by atoms with Crippen molar-refractivity contribution in [2.45, 2.75) is 12.4 Å². The lowest BCUT2D eigenvalue weighted by Crippen LogP contribution is -2.19. The van der Waals surface area contributed by atoms with Crippen LogP contribution < -0.4 is 10.5 Å². The Morgan fingerprint density at radius 3 is 2.89 bits per heavy atom. The van der Waals surface area contributed by atoms with Crippen LogP contribution in [0.2, 0.25) is 0 Å². The highest BCUT2D eigenvalue weighted by Crippen LogP contribution is 2.25. The number of ether oxygens (including phenoxy) is 1. The number of hydrogen-bond donors (Lipinski definition) is 1. The molecule has 1 aromatic carbocycles. The van der Waals surface area contributed by atoms with Crippen molar-refractivity contribution in [1.82, 2.24) is 9.55 Å². The molecule has 1 aromatic heterocycles. The number of alkyl halides is 1. The van der Waals surface area contributed by atoms with E-state index in [9.17, 15) is 9.18 Å². The lowest BCUT2D eigenvalue weighted by molar-refractivity contribution is -0.118. The molecule has 7 heteroatoms. The zero-order valence-electron chi connectivity index (χ0n) is 9.61. The molecule has 0 radical (unpaired) electrons. The second kappa shape index (κ2) is 4.81. The van der Waals surface area contributed by atoms with Crippen LogP contribution in [0.3, 0.4) is 0 Å². The van der Waals surface area contributed by atoms with E-state index in [1.165, 1.54) is 19.2 Å². The Hall–Kier alpha value is -1.82. The van der Waals surface area contributed by atoms with Gasteiger partial charge in [0.05, 0.1) is 24.0 Å². The first-order valence-electron chi connectivity index (χ1n) is 5.13. The predicted molar refractivity (Wildman–Crippen MR) is 65.0 cm³/mol. The van der Waals surface area contributed by atoms with E-state index in [1.807, 2.05) is 0 Å². The predicted octanol–water partition coefficient (Wildman–Crippen LogP) is 1.41. The summed E-state index contributed by atoms with van der Waals surface area (Å²) in [6, 6.07) is 2.71. The summed E-state index contributed by atoms with van der Waals surface area (Å²) in [5.74, 6) is -0.405. The molecule has 0 aliphatic carbocycles. The minimum Gasteiger partial charge on any atom is -0.494 e. The Labute approximate surface area is 107 Å². The third-order valence-electron chi connectivity index (χ3n) is 2.53. The van der Waals surface area contributed by atoms with E-state index < -0.39 is 11.7 Å². The maximum absolute atomic E-state index is 13.5. The zero-order chi connectivity index (χ0) is 13.3. The number of imidazole rings is 1. The number of aromatic nitrogens is 2. The van der Waals surface area contributed by atoms with Gasteiger partial charge >= 0.3 is 0 Å². The minimum atomic E-state index is -0.524. The number of carbonyl (C=O) groups excluding carboxylic acids is 1. The molecular weight excluding hydrogens is 261 g/mol. The van der Waals surface area contributed by atoms with Crippen molar-refractivity contribution < 1.29 is 13.9 Å². The zero-order valence-corrected chi connectivity index (χ0v) is 10.4. The fraction of sp³-hybridized carbons (Fsp3) is 0.273. The fourth-order valence-electron chi connectivity index (χ4n) is 1.77. The van der Waals surface area contributed by atoms with Gasteiger partial charge in [-0.3, -0.25) is 4.79 Å². The molecule has 0 spiro atoms. The molecule has 0 unspecified atom stereocenters. The van der Waals surface area contributed by atoms with E-state index in [1.54, 1.807) is 4.57 Å². The molecule has 0 aliphatic heterocycles. The number of fused-ring (bicyclic) bond motifs is 1. The fourth-order valence-corrected chi connectivity index (χ4v) is 1.97. The Morgan fingerprint density at radius 2 is 2.33 bits per heavy atom. The van der Waals surface area contributed by atoms with Crippen LogP contribution in [-0.4, -0.2) is 22.6 Å². The molecule has 0 saturated carbocycles. The van der Waals surface area contributed by atoms with E-state index >= 15 is 0 Å². The van der Waals surface area contributed by atoms with Crippen LogP contribution in [0.4, 0.5) is 4.39 Å². The van der Waals surface area contributed by atoms with E-state index in [0.29, 0.717) is 16.9 Å². The highest BCUT2D eigenvalue weighted by molar-refractivity contribution is 6.16. The van der Waals surface area contributed by atoms with Crippen LogP contribution in [0.25, 0.3) is 11.0 Å². The quantitative estimate of drug-likeness (QED) is 0.855. The number of hydrogen-bond acceptors (Lipinski definition) is 3. The van der Waals surface area contributed by atoms with Gasteiger partial charge in [-0.15, -0.1) is 11.6 Å². The summed E-state index contributed by atoms with van der Waals surface area (Å²) in [4.78, 5) is 15.2. The minimum absolute atomic E-state index is 0.0622. The van der Waals surface area contributed by atoms with Crippen molar-refractivity contribution in [3.63, 3.8) is 0 Å². The molecular formula is C11H11ClFN3O2. The smallest absolute Gasteiger partial charge is 0.237 e. The second-order valence-corrected chi connectivity index (χ2v) is 3.96. The number of carbonyl (C=O) groups is 1. The normalized spacial score (nSPS) is 10.8. The SMILES string of the molecule is COc1cc2c(cc1F)nc(CCl)n2CC(N)=O. The van der Waals surface area contributed by atoms with Gasteiger partial charge in [0.2, 0.25) is 5.91 Å². The second-order valence-electron chi connectivity index (χ2n) is 3.69. The molecule has 18 heavy (non-hydrogen) atoms. The van der Waals surface area contributed by atoms with Gasteiger partial charge in [-0.25, -0.2) is 9.37 Å². The summed E-state index contributed by atoms with van der Waals surface area (Å²) >= 11 is 5.74. The van der Waals surface area contributed by atoms with Gasteiger partial charge in [0, 0.05) is 12.1 Å². The Bertz CT molecular complexity index is 612. The maximum Gasteiger partial charge on any atom is 0.237 e. The number of primary amides is 1. The summed E-state index contributed by atoms with van der Waals surface area (Å²) in [6.07, 6.45) is 0. The van der Waals surface area contributed by atoms with Crippen molar-refractivity contribution in [1.29, 1.82) is 0 Å². The van der Waals surface area contributed by atoms with Crippen molar-refractivity contribution >= 4 is 28.5 Å². The third-order valence-corrected chi connectivity index (χ3v) is 2.77. The van der Waals surface area contributed by atoms with E-state index in [4.69, 9.17) is 22.1 Å². The van der Waals surface area contributed by atoms with Gasteiger partial charge in [-0.05, 0) is 0 Å². The molecule has 5 nitrogen and oxygen atoms in total. The number of nitrogens with two attached hydrogens (primary N) is 1. The van der Waals surface area contributed by atoms with Crippen molar-refractivity contribution in [2.75, 3.05) is 7.11 Å². The molecule has 0 aliphatic rings. The van der Waals surface area contributed by atoms with Crippen molar-refractivity contribution in [3.05, 3.63) is 23.8 Å². The van der Waals surface area contributed by atoms with Crippen LogP contribution >= 0.6 is 11.6 Å². The summed E-state index contributed by atoms with van der Waals surface area (Å²) in [5.41, 5.74) is 6.13. The van der Waals surface area contributed by atoms with Gasteiger partial charge in [0.1, 0.15) is 12.4 Å². The van der Waals surface area contributed by atoms with Crippen LogP contribution in [0.15, 0.2) is 12.1 Å². The number of rotatable bonds is 4. The molecule has 2 N–H and O–H groups in total. The van der Waals surface area contributed by atoms with Gasteiger partial charge in [0.15, 0.2) is 11.6 Å². The highest BCUT2D eigenvalue weighted by atomic mass is 35.5. The summed E-state index contributed by atoms with van der Waals surface area (Å²) in [6.45, 7) is -0.0622. The lowest BCUT2D eigenvalue weighted by Gasteiger charge is -2.06. The van der Waals surface area contributed by atoms with Gasteiger partial charge < -0.3 is 15.0 Å². The monoisotopic (exact) mass is 271 g/mol. The van der Waals surface area contributed by atoms with Crippen LogP contribution in [0.5, 0.6) is 5.75 Å². The average Bonchev–Trinajstić information content (AvgIpc) is 2.64. The van der Waals surface area contributed by atoms with Crippen LogP contribution in [0, 0.1) is 5.82 Å². The molecule has 2 aromatic rings. The molecule has 0 saturated heterocycles. The van der Waals surface area contributed by atoms with E-state index in [0.717, 1.165) is 0 Å². The molecule has 0 bridgehead atoms. The third kappa shape index (κ3) is 2.11. The number of nitrogens with zero attached hydrogens (tertiary/aromatic N) is 2. The first-order chi connectivity index (χ1) is 8.56. The first kappa shape index (κ1) is 12.6. The summed E-state index contributed by atoms with van der Waals surface area (Å²) in [5, 5.41) is 0. The summed E-state index contributed by atoms with van der Waals surface area (Å²) < 4.78 is 20.0. The van der Waals surface area contributed by atoms with Gasteiger partial charge in [-0.2, -0.15) is 0 Å². The van der Waals surface area contributed by atoms with E-state index in [-0.39, 0.29) is 18.2 Å². The van der Waals surface area contributed by atoms with Gasteiger partial charge in [0.25, 0.3) is 0 Å². The maximum atomic E-state index is 13.5. The Balaban J connectivity index is 2.68. The molecule has 96 valence electrons. The number of methoxy groups -OCH3 is 1. The number of benzene rings is 1. The van der Waals surface area contributed by atoms with Crippen LogP contribution in [-0.2, 0) is 17.2 Å². The average molecular weight is 272 g/mol. The first-order valence-corrected chi connectivity index (χ1v) is 5.67. The topological polar surface area (TPSA) is 70.1 Å². The number of halogens is 2. The van der Waals surface area contributed by atoms with Crippen LogP contribution in [0.1, 0.15) is 5.82 Å². The molecule has 1 heterocycles. The van der Waals surface area contributed by atoms with E-state index in [2.05, 4.69) is 4.98 Å². The Kier molecular flexibility index (Phi) is 3.38. The number of amides is 1. The molecule has 1 amide bonds. The standard InChI is InChI=1S/C11H11ClFN3O2/c1-18-9-3-8-7(2-6(9)13)15-11(4-12)16(8)5-10(14)17/h2-3H,4-5H2,1H3,(H2,14,17). The molecule has 0 atom stereocenters. The lowest BCUT2D eigenvalue weighted by atomic mass is 10.3. The largest absolute Gasteiger partial charge is 0.494 e. The molecule has 2 rings (SSSR count). The van der Waals surface area contributed by atoms with Crippen molar-refractivity contribution in [2.24, 2.45) is 5.73 Å². The summed E-state index contributed by atoms with van der Waals surface area (Å²) in [7, 11) is 1.36.